The van der Waals surface area contributed by atoms with E-state index in [9.17, 15) is 4.39 Å². The summed E-state index contributed by atoms with van der Waals surface area (Å²) in [6, 6.07) is 4.45. The van der Waals surface area contributed by atoms with Gasteiger partial charge in [0.25, 0.3) is 0 Å². The van der Waals surface area contributed by atoms with Gasteiger partial charge in [-0.3, -0.25) is 0 Å². The summed E-state index contributed by atoms with van der Waals surface area (Å²) in [4.78, 5) is 0.940. The van der Waals surface area contributed by atoms with Crippen LogP contribution in [0.15, 0.2) is 23.1 Å². The van der Waals surface area contributed by atoms with Gasteiger partial charge in [-0.1, -0.05) is 18.5 Å². The van der Waals surface area contributed by atoms with Gasteiger partial charge >= 0.3 is 0 Å². The second-order valence-electron chi connectivity index (χ2n) is 2.01. The standard InChI is InChI=1S/C8H8ClFS/c1-2-11-8-4-3-6(10)5-7(8)9/h3-5H,2H2,1H3. The van der Waals surface area contributed by atoms with Gasteiger partial charge < -0.3 is 0 Å². The predicted octanol–water partition coefficient (Wildman–Crippen LogP) is 3.59. The van der Waals surface area contributed by atoms with E-state index in [1.165, 1.54) is 12.1 Å². The molecule has 0 heterocycles. The van der Waals surface area contributed by atoms with E-state index < -0.39 is 0 Å². The number of rotatable bonds is 2. The lowest BCUT2D eigenvalue weighted by Gasteiger charge is -2.00. The van der Waals surface area contributed by atoms with Gasteiger partial charge in [0.05, 0.1) is 5.02 Å². The highest BCUT2D eigenvalue weighted by molar-refractivity contribution is 7.99. The Morgan fingerprint density at radius 2 is 2.27 bits per heavy atom. The summed E-state index contributed by atoms with van der Waals surface area (Å²) in [7, 11) is 0. The van der Waals surface area contributed by atoms with Gasteiger partial charge in [-0.25, -0.2) is 4.39 Å². The first-order chi connectivity index (χ1) is 5.24. The monoisotopic (exact) mass is 190 g/mol. The molecule has 0 unspecified atom stereocenters. The molecule has 0 fully saturated rings. The third-order valence-electron chi connectivity index (χ3n) is 1.19. The minimum Gasteiger partial charge on any atom is -0.207 e. The van der Waals surface area contributed by atoms with E-state index in [-0.39, 0.29) is 5.82 Å². The van der Waals surface area contributed by atoms with E-state index in [1.54, 1.807) is 17.8 Å². The highest BCUT2D eigenvalue weighted by atomic mass is 35.5. The number of benzene rings is 1. The van der Waals surface area contributed by atoms with Gasteiger partial charge in [-0.15, -0.1) is 11.8 Å². The normalized spacial score (nSPS) is 10.1. The Kier molecular flexibility index (Phi) is 3.21. The van der Waals surface area contributed by atoms with Crippen LogP contribution in [-0.4, -0.2) is 5.75 Å². The topological polar surface area (TPSA) is 0 Å². The Labute approximate surface area is 74.8 Å². The minimum absolute atomic E-state index is 0.282. The Hall–Kier alpha value is -0.210. The number of halogens is 2. The smallest absolute Gasteiger partial charge is 0.124 e. The van der Waals surface area contributed by atoms with E-state index in [0.717, 1.165) is 10.6 Å². The average Bonchev–Trinajstić information content (AvgIpc) is 1.95. The van der Waals surface area contributed by atoms with Crippen LogP contribution >= 0.6 is 23.4 Å². The highest BCUT2D eigenvalue weighted by Gasteiger charge is 1.99. The van der Waals surface area contributed by atoms with Crippen molar-refractivity contribution in [2.45, 2.75) is 11.8 Å². The minimum atomic E-state index is -0.282. The van der Waals surface area contributed by atoms with Crippen molar-refractivity contribution in [1.82, 2.24) is 0 Å². The van der Waals surface area contributed by atoms with Crippen LogP contribution in [0.2, 0.25) is 5.02 Å². The fourth-order valence-electron chi connectivity index (χ4n) is 0.748. The molecular weight excluding hydrogens is 183 g/mol. The van der Waals surface area contributed by atoms with E-state index in [4.69, 9.17) is 11.6 Å². The Bertz CT molecular complexity index is 250. The average molecular weight is 191 g/mol. The molecule has 1 aromatic carbocycles. The number of thioether (sulfide) groups is 1. The third-order valence-corrected chi connectivity index (χ3v) is 2.57. The highest BCUT2D eigenvalue weighted by Crippen LogP contribution is 2.26. The van der Waals surface area contributed by atoms with Crippen molar-refractivity contribution in [3.8, 4) is 0 Å². The molecule has 0 aliphatic heterocycles. The summed E-state index contributed by atoms with van der Waals surface area (Å²) in [5.74, 6) is 0.668. The molecule has 0 atom stereocenters. The van der Waals surface area contributed by atoms with Crippen molar-refractivity contribution in [2.75, 3.05) is 5.75 Å². The molecular formula is C8H8ClFS. The van der Waals surface area contributed by atoms with Gasteiger partial charge in [-0.05, 0) is 24.0 Å². The summed E-state index contributed by atoms with van der Waals surface area (Å²) >= 11 is 7.36. The first kappa shape index (κ1) is 8.88. The molecule has 0 saturated carbocycles. The lowest BCUT2D eigenvalue weighted by atomic mass is 10.3. The maximum Gasteiger partial charge on any atom is 0.124 e. The maximum atomic E-state index is 12.5. The lowest BCUT2D eigenvalue weighted by molar-refractivity contribution is 0.626. The Morgan fingerprint density at radius 1 is 1.55 bits per heavy atom. The van der Waals surface area contributed by atoms with Crippen LogP contribution in [0.25, 0.3) is 0 Å². The molecule has 0 aliphatic rings. The summed E-state index contributed by atoms with van der Waals surface area (Å²) in [5, 5.41) is 0.497. The van der Waals surface area contributed by atoms with Crippen LogP contribution in [0.3, 0.4) is 0 Å². The number of hydrogen-bond acceptors (Lipinski definition) is 1. The van der Waals surface area contributed by atoms with Crippen LogP contribution in [-0.2, 0) is 0 Å². The first-order valence-corrected chi connectivity index (χ1v) is 4.68. The zero-order chi connectivity index (χ0) is 8.27. The van der Waals surface area contributed by atoms with Crippen molar-refractivity contribution in [3.05, 3.63) is 29.0 Å². The largest absolute Gasteiger partial charge is 0.207 e. The predicted molar refractivity (Wildman–Crippen MR) is 47.8 cm³/mol. The molecule has 0 radical (unpaired) electrons. The van der Waals surface area contributed by atoms with Crippen molar-refractivity contribution in [3.63, 3.8) is 0 Å². The van der Waals surface area contributed by atoms with Gasteiger partial charge in [0.15, 0.2) is 0 Å². The molecule has 0 bridgehead atoms. The van der Waals surface area contributed by atoms with Crippen LogP contribution in [0.1, 0.15) is 6.92 Å². The summed E-state index contributed by atoms with van der Waals surface area (Å²) in [5.41, 5.74) is 0. The Morgan fingerprint density at radius 3 is 2.82 bits per heavy atom. The molecule has 0 spiro atoms. The van der Waals surface area contributed by atoms with Crippen LogP contribution in [0.4, 0.5) is 4.39 Å². The molecule has 60 valence electrons. The van der Waals surface area contributed by atoms with Gasteiger partial charge in [0.2, 0.25) is 0 Å². The maximum absolute atomic E-state index is 12.5. The lowest BCUT2D eigenvalue weighted by Crippen LogP contribution is -1.77. The second kappa shape index (κ2) is 3.98. The van der Waals surface area contributed by atoms with Crippen molar-refractivity contribution in [2.24, 2.45) is 0 Å². The molecule has 0 amide bonds. The van der Waals surface area contributed by atoms with Gasteiger partial charge in [0, 0.05) is 4.90 Å². The molecule has 0 aromatic heterocycles. The van der Waals surface area contributed by atoms with Crippen LogP contribution < -0.4 is 0 Å². The fourth-order valence-corrected chi connectivity index (χ4v) is 1.75. The third kappa shape index (κ3) is 2.38. The first-order valence-electron chi connectivity index (χ1n) is 3.32. The van der Waals surface area contributed by atoms with Crippen molar-refractivity contribution >= 4 is 23.4 Å². The summed E-state index contributed by atoms with van der Waals surface area (Å²) < 4.78 is 12.5. The van der Waals surface area contributed by atoms with Crippen molar-refractivity contribution in [1.29, 1.82) is 0 Å². The number of hydrogen-bond donors (Lipinski definition) is 0. The second-order valence-corrected chi connectivity index (χ2v) is 3.72. The van der Waals surface area contributed by atoms with E-state index in [0.29, 0.717) is 5.02 Å². The molecule has 11 heavy (non-hydrogen) atoms. The molecule has 0 aliphatic carbocycles. The zero-order valence-corrected chi connectivity index (χ0v) is 7.68. The molecule has 1 aromatic rings. The van der Waals surface area contributed by atoms with Crippen LogP contribution in [0.5, 0.6) is 0 Å². The molecule has 0 nitrogen and oxygen atoms in total. The SMILES string of the molecule is CCSc1ccc(F)cc1Cl. The van der Waals surface area contributed by atoms with E-state index >= 15 is 0 Å². The summed E-state index contributed by atoms with van der Waals surface area (Å²) in [6.45, 7) is 2.03. The van der Waals surface area contributed by atoms with E-state index in [2.05, 4.69) is 0 Å². The molecule has 3 heteroatoms. The van der Waals surface area contributed by atoms with Gasteiger partial charge in [-0.2, -0.15) is 0 Å². The fraction of sp³-hybridized carbons (Fsp3) is 0.250. The molecule has 0 saturated heterocycles. The van der Waals surface area contributed by atoms with Crippen molar-refractivity contribution < 1.29 is 4.39 Å². The molecule has 1 rings (SSSR count). The quantitative estimate of drug-likeness (QED) is 0.643. The summed E-state index contributed by atoms with van der Waals surface area (Å²) in [6.07, 6.45) is 0. The molecule has 0 N–H and O–H groups in total. The van der Waals surface area contributed by atoms with Crippen LogP contribution in [0, 0.1) is 5.82 Å². The Balaban J connectivity index is 2.90. The zero-order valence-electron chi connectivity index (χ0n) is 6.10. The van der Waals surface area contributed by atoms with E-state index in [1.807, 2.05) is 6.92 Å². The van der Waals surface area contributed by atoms with Gasteiger partial charge in [0.1, 0.15) is 5.82 Å².